The van der Waals surface area contributed by atoms with Crippen molar-refractivity contribution in [1.29, 1.82) is 0 Å². The smallest absolute Gasteiger partial charge is 0.231 e. The fraction of sp³-hybridized carbons (Fsp3) is 0. The van der Waals surface area contributed by atoms with Crippen LogP contribution in [0, 0.1) is 14.5 Å². The molecular formula is C14H11NO2Y-2. The number of hydrogen-bond donors (Lipinski definition) is 0. The van der Waals surface area contributed by atoms with Gasteiger partial charge in [0.2, 0.25) is 11.8 Å². The second-order valence-electron chi connectivity index (χ2n) is 3.75. The monoisotopic (exact) mass is 314 g/mol. The van der Waals surface area contributed by atoms with Crippen LogP contribution in [0.2, 0.25) is 0 Å². The van der Waals surface area contributed by atoms with Gasteiger partial charge in [-0.05, 0) is 17.5 Å². The molecule has 18 heavy (non-hydrogen) atoms. The Morgan fingerprint density at radius 2 is 1.33 bits per heavy atom. The summed E-state index contributed by atoms with van der Waals surface area (Å²) in [6.07, 6.45) is 0. The zero-order chi connectivity index (χ0) is 11.3. The fourth-order valence-corrected chi connectivity index (χ4v) is 2.08. The van der Waals surface area contributed by atoms with Gasteiger partial charge in [0, 0.05) is 49.2 Å². The molecular weight excluding hydrogens is 303 g/mol. The molecule has 2 amide bonds. The summed E-state index contributed by atoms with van der Waals surface area (Å²) in [5, 5.41) is 1.64. The van der Waals surface area contributed by atoms with Crippen LogP contribution in [0.1, 0.15) is 20.7 Å². The maximum absolute atomic E-state index is 11.9. The number of carbonyl (C=O) groups is 2. The summed E-state index contributed by atoms with van der Waals surface area (Å²) in [5.74, 6) is -0.677. The van der Waals surface area contributed by atoms with Crippen molar-refractivity contribution in [1.82, 2.24) is 4.90 Å². The Hall–Kier alpha value is -1.06. The Bertz CT molecular complexity index is 586. The number of benzene rings is 2. The van der Waals surface area contributed by atoms with Gasteiger partial charge in [-0.15, -0.1) is 0 Å². The van der Waals surface area contributed by atoms with E-state index >= 15 is 0 Å². The van der Waals surface area contributed by atoms with Gasteiger partial charge in [0.15, 0.2) is 0 Å². The Labute approximate surface area is 131 Å². The minimum absolute atomic E-state index is 0. The van der Waals surface area contributed by atoms with E-state index in [1.807, 2.05) is 24.3 Å². The third kappa shape index (κ3) is 1.92. The van der Waals surface area contributed by atoms with Gasteiger partial charge in [-0.25, -0.2) is 7.05 Å². The van der Waals surface area contributed by atoms with Gasteiger partial charge < -0.3 is 12.3 Å². The van der Waals surface area contributed by atoms with Gasteiger partial charge in [0.25, 0.3) is 0 Å². The van der Waals surface area contributed by atoms with Crippen molar-refractivity contribution in [2.45, 2.75) is 0 Å². The van der Waals surface area contributed by atoms with Gasteiger partial charge in [-0.2, -0.15) is 0 Å². The zero-order valence-electron chi connectivity index (χ0n) is 10.0. The zero-order valence-corrected chi connectivity index (χ0v) is 12.9. The Morgan fingerprint density at radius 3 is 1.78 bits per heavy atom. The maximum atomic E-state index is 11.9. The van der Waals surface area contributed by atoms with Crippen LogP contribution in [0.15, 0.2) is 36.4 Å². The van der Waals surface area contributed by atoms with E-state index in [-0.39, 0.29) is 52.0 Å². The molecule has 1 aliphatic rings. The summed E-state index contributed by atoms with van der Waals surface area (Å²) in [6.45, 7) is 0. The quantitative estimate of drug-likeness (QED) is 0.554. The Morgan fingerprint density at radius 1 is 0.889 bits per heavy atom. The number of rotatable bonds is 0. The molecule has 0 saturated heterocycles. The molecule has 0 atom stereocenters. The van der Waals surface area contributed by atoms with E-state index in [4.69, 9.17) is 0 Å². The Kier molecular flexibility index (Phi) is 4.41. The van der Waals surface area contributed by atoms with Gasteiger partial charge in [0.1, 0.15) is 0 Å². The molecule has 0 fully saturated rings. The number of nitrogens with zero attached hydrogens (tertiary/aromatic N) is 1. The van der Waals surface area contributed by atoms with Gasteiger partial charge in [-0.1, -0.05) is 24.3 Å². The SMILES string of the molecule is [CH2-]N1C(=O)c2cccc3cccc(c23)C1=O.[CH3-].[Y]. The molecule has 0 aromatic heterocycles. The predicted octanol–water partition coefficient (Wildman–Crippen LogP) is 2.68. The molecule has 3 nitrogen and oxygen atoms in total. The molecule has 0 unspecified atom stereocenters. The molecule has 2 aromatic rings. The van der Waals surface area contributed by atoms with E-state index in [1.54, 1.807) is 12.1 Å². The number of carbonyl (C=O) groups excluding carboxylic acids is 2. The standard InChI is InChI=1S/C13H8NO2.CH3.Y/c1-14-12(15)9-6-2-4-8-5-3-7-10(11(8)9)13(14)16;;/h2-7H,1H2;1H3;/q2*-1;. The van der Waals surface area contributed by atoms with Crippen molar-refractivity contribution in [3.8, 4) is 0 Å². The average Bonchev–Trinajstić information content (AvgIpc) is 2.33. The van der Waals surface area contributed by atoms with Gasteiger partial charge in [0.05, 0.1) is 0 Å². The normalized spacial score (nSPS) is 13.1. The number of imide groups is 1. The first kappa shape index (κ1) is 15.0. The summed E-state index contributed by atoms with van der Waals surface area (Å²) in [7, 11) is 3.48. The van der Waals surface area contributed by atoms with E-state index in [0.29, 0.717) is 11.1 Å². The van der Waals surface area contributed by atoms with Crippen molar-refractivity contribution in [2.75, 3.05) is 0 Å². The molecule has 1 aliphatic heterocycles. The molecule has 89 valence electrons. The maximum Gasteiger partial charge on any atom is 0.231 e. The third-order valence-electron chi connectivity index (χ3n) is 2.86. The molecule has 3 rings (SSSR count). The van der Waals surface area contributed by atoms with E-state index in [0.717, 1.165) is 15.7 Å². The molecule has 0 saturated carbocycles. The summed E-state index contributed by atoms with van der Waals surface area (Å²) in [4.78, 5) is 24.6. The molecule has 4 heteroatoms. The molecule has 1 heterocycles. The topological polar surface area (TPSA) is 37.4 Å². The fourth-order valence-electron chi connectivity index (χ4n) is 2.08. The molecule has 0 spiro atoms. The first-order chi connectivity index (χ1) is 7.70. The van der Waals surface area contributed by atoms with Crippen molar-refractivity contribution in [3.05, 3.63) is 62.0 Å². The van der Waals surface area contributed by atoms with E-state index in [1.165, 1.54) is 0 Å². The van der Waals surface area contributed by atoms with Gasteiger partial charge in [-0.3, -0.25) is 9.59 Å². The summed E-state index contributed by atoms with van der Waals surface area (Å²) in [5.41, 5.74) is 1.09. The molecule has 2 aromatic carbocycles. The van der Waals surface area contributed by atoms with Crippen molar-refractivity contribution < 1.29 is 42.3 Å². The molecule has 0 N–H and O–H groups in total. The summed E-state index contributed by atoms with van der Waals surface area (Å²) < 4.78 is 0. The first-order valence-electron chi connectivity index (χ1n) is 4.91. The van der Waals surface area contributed by atoms with Crippen molar-refractivity contribution >= 4 is 22.6 Å². The average molecular weight is 314 g/mol. The minimum Gasteiger partial charge on any atom is -0.430 e. The molecule has 1 radical (unpaired) electrons. The second-order valence-corrected chi connectivity index (χ2v) is 3.75. The van der Waals surface area contributed by atoms with Crippen LogP contribution in [0.3, 0.4) is 0 Å². The van der Waals surface area contributed by atoms with Crippen LogP contribution in [0.4, 0.5) is 0 Å². The van der Waals surface area contributed by atoms with Crippen LogP contribution in [0.25, 0.3) is 10.8 Å². The summed E-state index contributed by atoms with van der Waals surface area (Å²) in [6, 6.07) is 10.8. The number of hydrogen-bond acceptors (Lipinski definition) is 2. The molecule has 0 bridgehead atoms. The van der Waals surface area contributed by atoms with E-state index in [2.05, 4.69) is 7.05 Å². The van der Waals surface area contributed by atoms with Crippen LogP contribution < -0.4 is 0 Å². The minimum atomic E-state index is -0.339. The van der Waals surface area contributed by atoms with Crippen LogP contribution in [0.5, 0.6) is 0 Å². The summed E-state index contributed by atoms with van der Waals surface area (Å²) >= 11 is 0. The van der Waals surface area contributed by atoms with Crippen molar-refractivity contribution in [2.24, 2.45) is 0 Å². The van der Waals surface area contributed by atoms with Crippen LogP contribution in [-0.2, 0) is 32.7 Å². The van der Waals surface area contributed by atoms with Gasteiger partial charge >= 0.3 is 0 Å². The largest absolute Gasteiger partial charge is 0.430 e. The Balaban J connectivity index is 0.000000810. The third-order valence-corrected chi connectivity index (χ3v) is 2.86. The number of amides is 2. The van der Waals surface area contributed by atoms with Crippen molar-refractivity contribution in [3.63, 3.8) is 0 Å². The predicted molar refractivity (Wildman–Crippen MR) is 66.2 cm³/mol. The van der Waals surface area contributed by atoms with Crippen LogP contribution in [-0.4, -0.2) is 16.7 Å². The second kappa shape index (κ2) is 5.29. The van der Waals surface area contributed by atoms with E-state index < -0.39 is 0 Å². The van der Waals surface area contributed by atoms with Crippen LogP contribution >= 0.6 is 0 Å². The first-order valence-corrected chi connectivity index (χ1v) is 4.91. The molecule has 0 aliphatic carbocycles. The van der Waals surface area contributed by atoms with E-state index in [9.17, 15) is 9.59 Å².